The van der Waals surface area contributed by atoms with Crippen LogP contribution in [0.4, 0.5) is 0 Å². The molecule has 0 aliphatic heterocycles. The van der Waals surface area contributed by atoms with Crippen molar-refractivity contribution in [2.45, 2.75) is 92.9 Å². The number of rotatable bonds is 2. The third-order valence-corrected chi connectivity index (χ3v) is 7.49. The van der Waals surface area contributed by atoms with Crippen LogP contribution in [-0.2, 0) is 0 Å². The average Bonchev–Trinajstić information content (AvgIpc) is 2.70. The molecular formula is C26H40N4. The van der Waals surface area contributed by atoms with Crippen molar-refractivity contribution in [2.75, 3.05) is 0 Å². The van der Waals surface area contributed by atoms with Crippen molar-refractivity contribution in [2.24, 2.45) is 46.3 Å². The van der Waals surface area contributed by atoms with Gasteiger partial charge in [-0.3, -0.25) is 0 Å². The first-order valence-corrected chi connectivity index (χ1v) is 11.6. The minimum absolute atomic E-state index is 0.318. The van der Waals surface area contributed by atoms with Gasteiger partial charge in [-0.1, -0.05) is 41.5 Å². The maximum absolute atomic E-state index is 8.83. The molecule has 0 N–H and O–H groups in total. The molecule has 4 nitrogen and oxygen atoms in total. The van der Waals surface area contributed by atoms with Gasteiger partial charge in [0.15, 0.2) is 0 Å². The van der Waals surface area contributed by atoms with E-state index in [2.05, 4.69) is 65.8 Å². The molecule has 0 amide bonds. The normalized spacial score (nSPS) is 27.1. The minimum atomic E-state index is -0.383. The Hall–Kier alpha value is -2.04. The topological polar surface area (TPSA) is 95.2 Å². The molecular weight excluding hydrogens is 368 g/mol. The fourth-order valence-electron chi connectivity index (χ4n) is 5.12. The molecule has 2 saturated carbocycles. The molecule has 0 radical (unpaired) electrons. The molecule has 4 heteroatoms. The van der Waals surface area contributed by atoms with Gasteiger partial charge in [-0.15, -0.1) is 0 Å². The van der Waals surface area contributed by atoms with Gasteiger partial charge in [-0.25, -0.2) is 0 Å². The van der Waals surface area contributed by atoms with Crippen molar-refractivity contribution in [3.63, 3.8) is 0 Å². The van der Waals surface area contributed by atoms with Gasteiger partial charge in [-0.05, 0) is 85.9 Å². The molecule has 0 aromatic heterocycles. The van der Waals surface area contributed by atoms with Gasteiger partial charge in [0, 0.05) is 0 Å². The Morgan fingerprint density at radius 3 is 0.900 bits per heavy atom. The first kappa shape index (κ1) is 26.0. The Morgan fingerprint density at radius 2 is 0.733 bits per heavy atom. The summed E-state index contributed by atoms with van der Waals surface area (Å²) < 4.78 is 0. The van der Waals surface area contributed by atoms with Crippen molar-refractivity contribution in [3.8, 4) is 24.3 Å². The Morgan fingerprint density at radius 1 is 0.500 bits per heavy atom. The fraction of sp³-hybridized carbons (Fsp3) is 0.846. The van der Waals surface area contributed by atoms with Crippen LogP contribution in [0.1, 0.15) is 92.9 Å². The van der Waals surface area contributed by atoms with Gasteiger partial charge >= 0.3 is 0 Å². The van der Waals surface area contributed by atoms with Crippen molar-refractivity contribution in [3.05, 3.63) is 0 Å². The van der Waals surface area contributed by atoms with Gasteiger partial charge in [-0.2, -0.15) is 21.0 Å². The molecule has 2 aliphatic rings. The van der Waals surface area contributed by atoms with E-state index in [9.17, 15) is 0 Å². The molecule has 2 aliphatic carbocycles. The van der Waals surface area contributed by atoms with E-state index in [0.29, 0.717) is 22.7 Å². The molecule has 2 rings (SSSR count). The predicted octanol–water partition coefficient (Wildman–Crippen LogP) is 7.00. The molecule has 0 aromatic carbocycles. The SMILES string of the molecule is CC(C)(C)C1CCC(C(C#N)C#N)CC1.CC(C)(C)C1CCC(C(C#N)C#N)CC1. The summed E-state index contributed by atoms with van der Waals surface area (Å²) >= 11 is 0. The molecule has 0 bridgehead atoms. The zero-order chi connectivity index (χ0) is 22.9. The minimum Gasteiger partial charge on any atom is -0.197 e. The average molecular weight is 409 g/mol. The van der Waals surface area contributed by atoms with E-state index < -0.39 is 0 Å². The van der Waals surface area contributed by atoms with Gasteiger partial charge in [0.05, 0.1) is 24.3 Å². The summed E-state index contributed by atoms with van der Waals surface area (Å²) in [4.78, 5) is 0. The van der Waals surface area contributed by atoms with Gasteiger partial charge in [0.1, 0.15) is 11.8 Å². The largest absolute Gasteiger partial charge is 0.197 e. The van der Waals surface area contributed by atoms with Gasteiger partial charge in [0.2, 0.25) is 0 Å². The van der Waals surface area contributed by atoms with Gasteiger partial charge in [0.25, 0.3) is 0 Å². The van der Waals surface area contributed by atoms with Crippen molar-refractivity contribution in [1.82, 2.24) is 0 Å². The van der Waals surface area contributed by atoms with Crippen LogP contribution in [-0.4, -0.2) is 0 Å². The van der Waals surface area contributed by atoms with E-state index in [0.717, 1.165) is 37.5 Å². The highest BCUT2D eigenvalue weighted by atomic mass is 14.4. The zero-order valence-electron chi connectivity index (χ0n) is 19.9. The number of nitriles is 4. The van der Waals surface area contributed by atoms with E-state index in [4.69, 9.17) is 21.0 Å². The third kappa shape index (κ3) is 7.66. The smallest absolute Gasteiger partial charge is 0.136 e. The highest BCUT2D eigenvalue weighted by Gasteiger charge is 2.33. The lowest BCUT2D eigenvalue weighted by molar-refractivity contribution is 0.143. The number of hydrogen-bond donors (Lipinski definition) is 0. The molecule has 164 valence electrons. The summed E-state index contributed by atoms with van der Waals surface area (Å²) in [6.07, 6.45) is 8.90. The second-order valence-electron chi connectivity index (χ2n) is 11.4. The second kappa shape index (κ2) is 11.4. The lowest BCUT2D eigenvalue weighted by Gasteiger charge is -2.37. The Bertz CT molecular complexity index is 592. The summed E-state index contributed by atoms with van der Waals surface area (Å²) in [5.74, 6) is 1.38. The molecule has 0 atom stereocenters. The third-order valence-electron chi connectivity index (χ3n) is 7.49. The second-order valence-corrected chi connectivity index (χ2v) is 11.4. The van der Waals surface area contributed by atoms with Crippen LogP contribution in [0.15, 0.2) is 0 Å². The van der Waals surface area contributed by atoms with Crippen LogP contribution in [0.3, 0.4) is 0 Å². The Balaban J connectivity index is 0.000000300. The van der Waals surface area contributed by atoms with Crippen LogP contribution in [0.5, 0.6) is 0 Å². The molecule has 0 spiro atoms. The van der Waals surface area contributed by atoms with Crippen LogP contribution < -0.4 is 0 Å². The van der Waals surface area contributed by atoms with Crippen molar-refractivity contribution < 1.29 is 0 Å². The predicted molar refractivity (Wildman–Crippen MR) is 119 cm³/mol. The standard InChI is InChI=1S/2C13H20N2/c2*1-13(2,3)12-6-4-10(5-7-12)11(8-14)9-15/h2*10-12H,4-7H2,1-3H3. The summed E-state index contributed by atoms with van der Waals surface area (Å²) in [6, 6.07) is 8.46. The van der Waals surface area contributed by atoms with Crippen molar-refractivity contribution in [1.29, 1.82) is 21.0 Å². The fourth-order valence-corrected chi connectivity index (χ4v) is 5.12. The van der Waals surface area contributed by atoms with Crippen LogP contribution in [0.2, 0.25) is 0 Å². The summed E-state index contributed by atoms with van der Waals surface area (Å²) in [5, 5.41) is 35.3. The molecule has 0 heterocycles. The first-order chi connectivity index (χ1) is 14.0. The monoisotopic (exact) mass is 408 g/mol. The molecule has 0 saturated heterocycles. The Labute approximate surface area is 184 Å². The van der Waals surface area contributed by atoms with Crippen LogP contribution in [0.25, 0.3) is 0 Å². The van der Waals surface area contributed by atoms with E-state index in [1.54, 1.807) is 0 Å². The first-order valence-electron chi connectivity index (χ1n) is 11.6. The summed E-state index contributed by atoms with van der Waals surface area (Å²) in [5.41, 5.74) is 0.750. The lowest BCUT2D eigenvalue weighted by Crippen LogP contribution is -2.28. The maximum atomic E-state index is 8.83. The van der Waals surface area contributed by atoms with Gasteiger partial charge < -0.3 is 0 Å². The van der Waals surface area contributed by atoms with E-state index >= 15 is 0 Å². The van der Waals surface area contributed by atoms with E-state index in [-0.39, 0.29) is 11.8 Å². The number of nitrogens with zero attached hydrogens (tertiary/aromatic N) is 4. The van der Waals surface area contributed by atoms with Crippen LogP contribution >= 0.6 is 0 Å². The molecule has 2 fully saturated rings. The van der Waals surface area contributed by atoms with E-state index in [1.165, 1.54) is 25.7 Å². The maximum Gasteiger partial charge on any atom is 0.136 e. The van der Waals surface area contributed by atoms with Crippen LogP contribution in [0, 0.1) is 91.7 Å². The van der Waals surface area contributed by atoms with E-state index in [1.807, 2.05) is 0 Å². The summed E-state index contributed by atoms with van der Waals surface area (Å²) in [6.45, 7) is 13.7. The molecule has 0 unspecified atom stereocenters. The van der Waals surface area contributed by atoms with Crippen molar-refractivity contribution >= 4 is 0 Å². The molecule has 0 aromatic rings. The number of hydrogen-bond acceptors (Lipinski definition) is 4. The molecule has 30 heavy (non-hydrogen) atoms. The summed E-state index contributed by atoms with van der Waals surface area (Å²) in [7, 11) is 0. The Kier molecular flexibility index (Phi) is 9.86. The quantitative estimate of drug-likeness (QED) is 0.491. The zero-order valence-corrected chi connectivity index (χ0v) is 19.9. The lowest BCUT2D eigenvalue weighted by atomic mass is 9.68. The highest BCUT2D eigenvalue weighted by Crippen LogP contribution is 2.42. The highest BCUT2D eigenvalue weighted by molar-refractivity contribution is 5.04.